The maximum Gasteiger partial charge on any atom is 0.394 e. The molecule has 1 amide bonds. The van der Waals surface area contributed by atoms with Crippen molar-refractivity contribution in [2.45, 2.75) is 84.4 Å². The Labute approximate surface area is 247 Å². The zero-order valence-electron chi connectivity index (χ0n) is 23.2. The van der Waals surface area contributed by atoms with Crippen LogP contribution in [0.2, 0.25) is 5.02 Å². The molecular weight excluding hydrogens is 615 g/mol. The highest BCUT2D eigenvalue weighted by Crippen LogP contribution is 2.42. The van der Waals surface area contributed by atoms with Crippen LogP contribution in [0, 0.1) is 11.3 Å². The lowest BCUT2D eigenvalue weighted by Crippen LogP contribution is -2.54. The first kappa shape index (κ1) is 35.5. The number of aliphatic hydroxyl groups excluding tert-OH is 1. The average Bonchev–Trinajstić information content (AvgIpc) is 3.21. The van der Waals surface area contributed by atoms with Gasteiger partial charge in [0.25, 0.3) is 5.91 Å². The molecular formula is C25H32ClF5N4O6S. The van der Waals surface area contributed by atoms with Gasteiger partial charge in [0.2, 0.25) is 5.88 Å². The largest absolute Gasteiger partial charge is 0.416 e. The quantitative estimate of drug-likeness (QED) is 0.342. The van der Waals surface area contributed by atoms with Gasteiger partial charge in [-0.3, -0.25) is 9.48 Å². The van der Waals surface area contributed by atoms with Crippen LogP contribution in [-0.2, 0) is 24.5 Å². The van der Waals surface area contributed by atoms with E-state index in [1.54, 1.807) is 6.92 Å². The first-order valence-corrected chi connectivity index (χ1v) is 13.8. The number of pyridine rings is 1. The topological polar surface area (TPSA) is 144 Å². The average molecular weight is 647 g/mol. The van der Waals surface area contributed by atoms with E-state index in [0.717, 1.165) is 13.8 Å². The summed E-state index contributed by atoms with van der Waals surface area (Å²) >= 11 is 5.73. The summed E-state index contributed by atoms with van der Waals surface area (Å²) in [4.78, 5) is 16.9. The highest BCUT2D eigenvalue weighted by atomic mass is 35.5. The molecule has 1 aliphatic carbocycles. The number of carbonyl (C=O) groups is 1. The van der Waals surface area contributed by atoms with E-state index in [9.17, 15) is 37.0 Å². The molecule has 0 aromatic carbocycles. The molecule has 3 rings (SSSR count). The number of aliphatic hydroxyl groups is 2. The summed E-state index contributed by atoms with van der Waals surface area (Å²) in [5.74, 6) is -1.23. The van der Waals surface area contributed by atoms with Crippen molar-refractivity contribution < 1.29 is 50.1 Å². The molecule has 10 nitrogen and oxygen atoms in total. The van der Waals surface area contributed by atoms with Crippen molar-refractivity contribution in [3.63, 3.8) is 0 Å². The van der Waals surface area contributed by atoms with Gasteiger partial charge < -0.3 is 20.3 Å². The van der Waals surface area contributed by atoms with Gasteiger partial charge in [0.15, 0.2) is 5.69 Å². The van der Waals surface area contributed by atoms with Crippen molar-refractivity contribution in [3.05, 3.63) is 28.5 Å². The van der Waals surface area contributed by atoms with Crippen LogP contribution >= 0.6 is 11.6 Å². The van der Waals surface area contributed by atoms with Gasteiger partial charge in [-0.1, -0.05) is 32.4 Å². The fraction of sp³-hybridized carbons (Fsp3) is 0.640. The van der Waals surface area contributed by atoms with E-state index in [1.165, 1.54) is 16.8 Å². The summed E-state index contributed by atoms with van der Waals surface area (Å²) in [5, 5.41) is 27.6. The smallest absolute Gasteiger partial charge is 0.394 e. The summed E-state index contributed by atoms with van der Waals surface area (Å²) < 4.78 is 89.0. The molecule has 2 heterocycles. The lowest BCUT2D eigenvalue weighted by Gasteiger charge is -2.39. The van der Waals surface area contributed by atoms with Crippen LogP contribution in [0.5, 0.6) is 5.88 Å². The predicted octanol–water partition coefficient (Wildman–Crippen LogP) is 4.32. The number of hydrogen-bond acceptors (Lipinski definition) is 8. The summed E-state index contributed by atoms with van der Waals surface area (Å²) in [6.45, 7) is 2.06. The third kappa shape index (κ3) is 8.45. The Morgan fingerprint density at radius 3 is 2.45 bits per heavy atom. The number of carbonyl (C=O) groups excluding carboxylic acids is 1. The summed E-state index contributed by atoms with van der Waals surface area (Å²) in [7, 11) is 0. The monoisotopic (exact) mass is 646 g/mol. The number of nitrogens with one attached hydrogen (secondary N) is 1. The van der Waals surface area contributed by atoms with Crippen molar-refractivity contribution >= 4 is 29.1 Å². The second kappa shape index (κ2) is 14.2. The lowest BCUT2D eigenvalue weighted by atomic mass is 9.77. The maximum atomic E-state index is 13.4. The molecule has 236 valence electrons. The van der Waals surface area contributed by atoms with Gasteiger partial charge in [0.05, 0.1) is 27.8 Å². The standard InChI is InChI=1S/C25H32ClF5N4O4.O2S/c1-5-35-19(15-7-6-14(33-21(15)39-22(27)28)11-23(3,4)25(29,30)31)17(26)18(34-35)20(37)32-12-24(38)9-8-13(2)10-16(24)36;1-3-2/h6-7,13,16,22,36,38H,5,8-12H2,1-4H3,(H,32,37);/t13-,16-,24-;/m0./s1. The minimum absolute atomic E-state index is 0.000615. The highest BCUT2D eigenvalue weighted by molar-refractivity contribution is 7.51. The van der Waals surface area contributed by atoms with E-state index in [0.29, 0.717) is 12.8 Å². The van der Waals surface area contributed by atoms with Gasteiger partial charge in [-0.2, -0.15) is 35.5 Å². The second-order valence-corrected chi connectivity index (χ2v) is 11.2. The van der Waals surface area contributed by atoms with E-state index < -0.39 is 59.7 Å². The SMILES string of the molecule is CCn1nc(C(=O)NC[C@@]2(O)CC[C@H](C)C[C@@H]2O)c(Cl)c1-c1ccc(CC(C)(C)C(F)(F)F)nc1OC(F)F.O=S=O. The Kier molecular flexibility index (Phi) is 12.0. The number of aryl methyl sites for hydroxylation is 1. The van der Waals surface area contributed by atoms with Gasteiger partial charge in [-0.25, -0.2) is 4.98 Å². The van der Waals surface area contributed by atoms with Gasteiger partial charge in [0.1, 0.15) is 5.60 Å². The molecule has 2 aromatic heterocycles. The van der Waals surface area contributed by atoms with Crippen molar-refractivity contribution in [3.8, 4) is 17.1 Å². The normalized spacial score (nSPS) is 21.0. The third-order valence-electron chi connectivity index (χ3n) is 7.04. The van der Waals surface area contributed by atoms with Crippen LogP contribution in [0.25, 0.3) is 11.3 Å². The molecule has 0 radical (unpaired) electrons. The molecule has 0 bridgehead atoms. The van der Waals surface area contributed by atoms with Crippen LogP contribution in [0.4, 0.5) is 22.0 Å². The first-order valence-electron chi connectivity index (χ1n) is 12.8. The Hall–Kier alpha value is -2.69. The summed E-state index contributed by atoms with van der Waals surface area (Å²) in [6.07, 6.45) is -4.90. The molecule has 3 atom stereocenters. The zero-order valence-corrected chi connectivity index (χ0v) is 24.7. The Balaban J connectivity index is 0.00000197. The number of aromatic nitrogens is 3. The molecule has 2 aromatic rings. The zero-order chi connectivity index (χ0) is 32.0. The molecule has 1 aliphatic rings. The lowest BCUT2D eigenvalue weighted by molar-refractivity contribution is -0.211. The van der Waals surface area contributed by atoms with Crippen molar-refractivity contribution in [2.24, 2.45) is 11.3 Å². The van der Waals surface area contributed by atoms with E-state index >= 15 is 0 Å². The molecule has 3 N–H and O–H groups in total. The van der Waals surface area contributed by atoms with Crippen molar-refractivity contribution in [1.82, 2.24) is 20.1 Å². The van der Waals surface area contributed by atoms with Crippen LogP contribution < -0.4 is 10.1 Å². The molecule has 1 fully saturated rings. The molecule has 0 saturated heterocycles. The Morgan fingerprint density at radius 2 is 1.93 bits per heavy atom. The van der Waals surface area contributed by atoms with Gasteiger partial charge in [0, 0.05) is 25.2 Å². The minimum Gasteiger partial charge on any atom is -0.416 e. The molecule has 42 heavy (non-hydrogen) atoms. The Morgan fingerprint density at radius 1 is 1.31 bits per heavy atom. The Bertz CT molecular complexity index is 1290. The van der Waals surface area contributed by atoms with Gasteiger partial charge >= 0.3 is 24.4 Å². The van der Waals surface area contributed by atoms with Crippen LogP contribution in [0.1, 0.15) is 63.1 Å². The van der Waals surface area contributed by atoms with Crippen molar-refractivity contribution in [1.29, 1.82) is 0 Å². The number of rotatable bonds is 9. The van der Waals surface area contributed by atoms with Gasteiger partial charge in [-0.15, -0.1) is 0 Å². The number of hydrogen-bond donors (Lipinski definition) is 3. The van der Waals surface area contributed by atoms with Crippen LogP contribution in [-0.4, -0.2) is 70.3 Å². The number of ether oxygens (including phenoxy) is 1. The predicted molar refractivity (Wildman–Crippen MR) is 142 cm³/mol. The van der Waals surface area contributed by atoms with Crippen molar-refractivity contribution in [2.75, 3.05) is 6.54 Å². The fourth-order valence-corrected chi connectivity index (χ4v) is 4.78. The number of halogens is 6. The van der Waals surface area contributed by atoms with E-state index in [-0.39, 0.29) is 53.1 Å². The van der Waals surface area contributed by atoms with Gasteiger partial charge in [-0.05, 0) is 44.2 Å². The van der Waals surface area contributed by atoms with Crippen LogP contribution in [0.3, 0.4) is 0 Å². The molecule has 0 spiro atoms. The third-order valence-corrected chi connectivity index (χ3v) is 7.40. The van der Waals surface area contributed by atoms with Crippen LogP contribution in [0.15, 0.2) is 12.1 Å². The van der Waals surface area contributed by atoms with E-state index in [1.807, 2.05) is 6.92 Å². The number of alkyl halides is 5. The molecule has 17 heteroatoms. The number of amides is 1. The van der Waals surface area contributed by atoms with E-state index in [2.05, 4.69) is 20.1 Å². The fourth-order valence-electron chi connectivity index (χ4n) is 4.46. The summed E-state index contributed by atoms with van der Waals surface area (Å²) in [5.41, 5.74) is -4.24. The molecule has 0 aliphatic heterocycles. The number of nitrogens with zero attached hydrogens (tertiary/aromatic N) is 3. The van der Waals surface area contributed by atoms with E-state index in [4.69, 9.17) is 20.0 Å². The molecule has 1 saturated carbocycles. The highest BCUT2D eigenvalue weighted by Gasteiger charge is 2.47. The minimum atomic E-state index is -4.57. The molecule has 0 unspecified atom stereocenters. The maximum absolute atomic E-state index is 13.4. The second-order valence-electron chi connectivity index (χ2n) is 10.7. The first-order chi connectivity index (χ1) is 19.4. The summed E-state index contributed by atoms with van der Waals surface area (Å²) in [6, 6.07) is 2.48.